The summed E-state index contributed by atoms with van der Waals surface area (Å²) < 4.78 is 197. The van der Waals surface area contributed by atoms with Crippen molar-refractivity contribution in [1.29, 1.82) is 0 Å². The number of aromatic nitrogens is 8. The molecular formula is C72H28F12N8Pt. The maximum absolute atomic E-state index is 17.5. The molecule has 8 aromatic carbocycles. The summed E-state index contributed by atoms with van der Waals surface area (Å²) in [6, 6.07) is 40.7. The first-order valence-electron chi connectivity index (χ1n) is 28.1. The smallest absolute Gasteiger partial charge is 0.656 e. The van der Waals surface area contributed by atoms with Gasteiger partial charge in [0.25, 0.3) is 0 Å². The first-order valence-corrected chi connectivity index (χ1v) is 28.1. The van der Waals surface area contributed by atoms with Crippen LogP contribution in [0.15, 0.2) is 170 Å². The van der Waals surface area contributed by atoms with Crippen LogP contribution in [0.25, 0.3) is 177 Å². The second-order valence-electron chi connectivity index (χ2n) is 22.1. The van der Waals surface area contributed by atoms with E-state index in [2.05, 4.69) is 19.9 Å². The summed E-state index contributed by atoms with van der Waals surface area (Å²) in [6.45, 7) is 0. The monoisotopic (exact) mass is 1430 g/mol. The van der Waals surface area contributed by atoms with Gasteiger partial charge in [-0.2, -0.15) is 17.6 Å². The Balaban J connectivity index is 0.00000686. The molecule has 14 aromatic rings. The average Bonchev–Trinajstić information content (AvgIpc) is 1.55. The van der Waals surface area contributed by atoms with Gasteiger partial charge in [0.05, 0.1) is 22.8 Å². The molecule has 0 saturated heterocycles. The van der Waals surface area contributed by atoms with Crippen molar-refractivity contribution < 1.29 is 73.8 Å². The van der Waals surface area contributed by atoms with Crippen LogP contribution in [0.2, 0.25) is 0 Å². The van der Waals surface area contributed by atoms with Crippen LogP contribution in [0.4, 0.5) is 52.7 Å². The van der Waals surface area contributed by atoms with Gasteiger partial charge in [0.1, 0.15) is 22.8 Å². The Morgan fingerprint density at radius 3 is 0.613 bits per heavy atom. The molecule has 8 nitrogen and oxygen atoms in total. The predicted octanol–water partition coefficient (Wildman–Crippen LogP) is 19.1. The summed E-state index contributed by atoms with van der Waals surface area (Å²) in [7, 11) is 0. The van der Waals surface area contributed by atoms with Crippen LogP contribution in [0, 0.1) is 70.3 Å². The summed E-state index contributed by atoms with van der Waals surface area (Å²) in [5.74, 6) is -20.0. The van der Waals surface area contributed by atoms with Crippen molar-refractivity contribution in [1.82, 2.24) is 39.9 Å². The van der Waals surface area contributed by atoms with Gasteiger partial charge >= 0.3 is 21.1 Å². The van der Waals surface area contributed by atoms with E-state index < -0.39 is 115 Å². The van der Waals surface area contributed by atoms with E-state index in [4.69, 9.17) is 19.9 Å². The number of hydrogen-bond donors (Lipinski definition) is 0. The SMILES string of the molecule is Fc1cc(F)c(-c2c3nc(c(-c4nc(F)c(F)cc4F)c4[n-]c(c(-c5nc(F)c(F)cc5F)c5nc(c(-c6nc(F)c(F)cc6F)c6[n-]c2c2cc7ccccc7cc62)-c2cc6ccccc6cc2-5)c2cc5ccccc5cc42)-c2cc4ccccc4cc2-3)nc1F.[Pt+2]. The van der Waals surface area contributed by atoms with Gasteiger partial charge in [-0.1, -0.05) is 97.1 Å². The molecule has 0 amide bonds. The fourth-order valence-electron chi connectivity index (χ4n) is 12.8. The van der Waals surface area contributed by atoms with Crippen molar-refractivity contribution in [2.75, 3.05) is 0 Å². The Bertz CT molecular complexity index is 5370. The fourth-order valence-corrected chi connectivity index (χ4v) is 12.8. The van der Waals surface area contributed by atoms with Gasteiger partial charge in [-0.05, 0) is 113 Å². The molecule has 0 saturated carbocycles. The van der Waals surface area contributed by atoms with Crippen molar-refractivity contribution in [3.05, 3.63) is 240 Å². The summed E-state index contributed by atoms with van der Waals surface area (Å²) in [5, 5.41) is 3.90. The van der Waals surface area contributed by atoms with E-state index in [1.165, 1.54) is 0 Å². The van der Waals surface area contributed by atoms with Crippen LogP contribution in [-0.2, 0) is 21.1 Å². The third-order valence-electron chi connectivity index (χ3n) is 16.9. The zero-order valence-corrected chi connectivity index (χ0v) is 48.9. The van der Waals surface area contributed by atoms with Crippen molar-refractivity contribution in [3.63, 3.8) is 0 Å². The molecule has 3 aliphatic rings. The van der Waals surface area contributed by atoms with Gasteiger partial charge in [-0.3, -0.25) is 0 Å². The summed E-state index contributed by atoms with van der Waals surface area (Å²) >= 11 is 0. The number of pyridine rings is 4. The molecule has 450 valence electrons. The second kappa shape index (κ2) is 21.0. The van der Waals surface area contributed by atoms with Gasteiger partial charge < -0.3 is 9.97 Å². The third kappa shape index (κ3) is 8.68. The number of rotatable bonds is 4. The first-order chi connectivity index (χ1) is 44.5. The summed E-state index contributed by atoms with van der Waals surface area (Å²) in [4.78, 5) is 36.4. The Kier molecular flexibility index (Phi) is 12.9. The Morgan fingerprint density at radius 2 is 0.409 bits per heavy atom. The zero-order valence-electron chi connectivity index (χ0n) is 46.6. The van der Waals surface area contributed by atoms with Gasteiger partial charge in [0.15, 0.2) is 46.5 Å². The predicted molar refractivity (Wildman–Crippen MR) is 325 cm³/mol. The van der Waals surface area contributed by atoms with E-state index >= 15 is 52.7 Å². The molecular weight excluding hydrogens is 1400 g/mol. The molecule has 0 N–H and O–H groups in total. The topological polar surface area (TPSA) is 106 Å². The molecule has 0 atom stereocenters. The number of hydrogen-bond acceptors (Lipinski definition) is 6. The van der Waals surface area contributed by atoms with Crippen molar-refractivity contribution in [2.45, 2.75) is 0 Å². The van der Waals surface area contributed by atoms with Gasteiger partial charge in [0.2, 0.25) is 23.8 Å². The van der Waals surface area contributed by atoms with Crippen LogP contribution in [0.1, 0.15) is 0 Å². The molecule has 17 rings (SSSR count). The van der Waals surface area contributed by atoms with E-state index in [9.17, 15) is 0 Å². The normalized spacial score (nSPS) is 12.0. The van der Waals surface area contributed by atoms with Crippen molar-refractivity contribution >= 4 is 86.7 Å². The number of fused-ring (bicyclic) bond motifs is 4. The summed E-state index contributed by atoms with van der Waals surface area (Å²) in [6.07, 6.45) is 0. The van der Waals surface area contributed by atoms with Crippen LogP contribution >= 0.6 is 0 Å². The average molecular weight is 1430 g/mol. The molecule has 8 bridgehead atoms. The first kappa shape index (κ1) is 57.1. The Morgan fingerprint density at radius 1 is 0.215 bits per heavy atom. The molecule has 1 aliphatic carbocycles. The van der Waals surface area contributed by atoms with Crippen molar-refractivity contribution in [3.8, 4) is 90.1 Å². The fraction of sp³-hybridized carbons (Fsp3) is 0. The van der Waals surface area contributed by atoms with Crippen LogP contribution < -0.4 is 9.97 Å². The largest absolute Gasteiger partial charge is 2.00 e. The van der Waals surface area contributed by atoms with E-state index in [0.29, 0.717) is 43.1 Å². The minimum Gasteiger partial charge on any atom is -0.656 e. The number of nitrogens with zero attached hydrogens (tertiary/aromatic N) is 8. The molecule has 0 fully saturated rings. The van der Waals surface area contributed by atoms with Crippen LogP contribution in [0.5, 0.6) is 0 Å². The molecule has 8 heterocycles. The van der Waals surface area contributed by atoms with E-state index in [-0.39, 0.29) is 134 Å². The van der Waals surface area contributed by atoms with E-state index in [1.54, 1.807) is 146 Å². The van der Waals surface area contributed by atoms with Gasteiger partial charge in [0, 0.05) is 68.8 Å². The second-order valence-corrected chi connectivity index (χ2v) is 22.1. The van der Waals surface area contributed by atoms with Gasteiger partial charge in [-0.25, -0.2) is 65.0 Å². The van der Waals surface area contributed by atoms with Crippen molar-refractivity contribution in [2.24, 2.45) is 0 Å². The summed E-state index contributed by atoms with van der Waals surface area (Å²) in [5.41, 5.74) is -8.65. The minimum atomic E-state index is -1.80. The quantitative estimate of drug-likeness (QED) is 0.127. The molecule has 0 unspecified atom stereocenters. The Hall–Kier alpha value is -11.1. The molecule has 6 aromatic heterocycles. The number of benzene rings is 8. The zero-order chi connectivity index (χ0) is 62.9. The van der Waals surface area contributed by atoms with Gasteiger partial charge in [-0.15, -0.1) is 22.1 Å². The standard InChI is InChI=1S/C72H28F12N8.Pt/c73-45-25-49(77)69(81)89-65(45)53-57-37-17-29-9-1-2-10-30(29)18-38(37)58(85-57)54(66-46(74)26-50(78)70(82)90-66)60-41-21-33-13-5-6-14-34(33)22-42(41)62(87-60)56(68-48(76)28-52(80)72(84)92-68)64-44-24-36-16-8-7-15-35(36)23-43(44)63(88-64)55(67-47(75)27-51(79)71(83)91-67)61-40-20-32-12-4-3-11-31(32)19-39(40)59(53)86-61;/h1-28H;/q-2;+2. The maximum atomic E-state index is 17.5. The van der Waals surface area contributed by atoms with Crippen LogP contribution in [-0.4, -0.2) is 29.9 Å². The molecule has 2 aliphatic heterocycles. The molecule has 93 heavy (non-hydrogen) atoms. The Labute approximate surface area is 527 Å². The third-order valence-corrected chi connectivity index (χ3v) is 16.9. The van der Waals surface area contributed by atoms with Crippen LogP contribution in [0.3, 0.4) is 0 Å². The molecule has 0 spiro atoms. The maximum Gasteiger partial charge on any atom is 2.00 e. The van der Waals surface area contributed by atoms with E-state index in [0.717, 1.165) is 0 Å². The minimum absolute atomic E-state index is 0. The molecule has 0 radical (unpaired) electrons. The van der Waals surface area contributed by atoms with E-state index in [1.807, 2.05) is 0 Å². The molecule has 21 heteroatoms. The number of halogens is 12.